The van der Waals surface area contributed by atoms with Crippen LogP contribution in [-0.2, 0) is 11.3 Å². The maximum atomic E-state index is 13.7. The molecule has 0 aliphatic carbocycles. The quantitative estimate of drug-likeness (QED) is 0.738. The third-order valence-electron chi connectivity index (χ3n) is 2.65. The van der Waals surface area contributed by atoms with Crippen LogP contribution in [0.15, 0.2) is 29.1 Å². The van der Waals surface area contributed by atoms with Crippen molar-refractivity contribution in [2.24, 2.45) is 0 Å². The van der Waals surface area contributed by atoms with Crippen LogP contribution in [0.4, 0.5) is 10.1 Å². The molecule has 0 radical (unpaired) electrons. The molecule has 7 heteroatoms. The summed E-state index contributed by atoms with van der Waals surface area (Å²) >= 11 is 0. The predicted octanol–water partition coefficient (Wildman–Crippen LogP) is 0.938. The summed E-state index contributed by atoms with van der Waals surface area (Å²) < 4.78 is 18.2. The topological polar surface area (TPSA) is 76.3 Å². The molecule has 0 atom stereocenters. The number of carbonyl (C=O) groups is 2. The molecule has 1 aliphatic heterocycles. The molecule has 3 rings (SSSR count). The lowest BCUT2D eigenvalue weighted by atomic mass is 10.1. The van der Waals surface area contributed by atoms with E-state index >= 15 is 0 Å². The second-order valence-electron chi connectivity index (χ2n) is 3.70. The number of hydrogen-bond acceptors (Lipinski definition) is 5. The zero-order chi connectivity index (χ0) is 12.7. The number of anilines is 1. The summed E-state index contributed by atoms with van der Waals surface area (Å²) in [6.07, 6.45) is 1.10. The zero-order valence-electron chi connectivity index (χ0n) is 8.96. The van der Waals surface area contributed by atoms with Crippen LogP contribution in [0.2, 0.25) is 0 Å². The lowest BCUT2D eigenvalue weighted by molar-refractivity contribution is -0.114. The molecule has 0 spiro atoms. The van der Waals surface area contributed by atoms with Crippen LogP contribution >= 0.6 is 0 Å². The number of ketones is 1. The van der Waals surface area contributed by atoms with E-state index in [9.17, 15) is 14.0 Å². The first-order valence-corrected chi connectivity index (χ1v) is 5.08. The summed E-state index contributed by atoms with van der Waals surface area (Å²) in [5, 5.41) is 3.53. The number of carbonyl (C=O) groups excluding carboxylic acids is 2. The molecule has 18 heavy (non-hydrogen) atoms. The van der Waals surface area contributed by atoms with Gasteiger partial charge in [-0.25, -0.2) is 4.39 Å². The van der Waals surface area contributed by atoms with E-state index in [-0.39, 0.29) is 23.6 Å². The Kier molecular flexibility index (Phi) is 2.19. The minimum atomic E-state index is -0.792. The second-order valence-corrected chi connectivity index (χ2v) is 3.70. The number of Topliss-reactive ketones (excluding diaryl/α,β-unsaturated/α-hetero) is 1. The van der Waals surface area contributed by atoms with Crippen molar-refractivity contribution in [3.05, 3.63) is 41.8 Å². The molecule has 90 valence electrons. The minimum Gasteiger partial charge on any atom is -0.343 e. The molecule has 0 unspecified atom stereocenters. The smallest absolute Gasteiger partial charge is 0.299 e. The van der Waals surface area contributed by atoms with E-state index in [1.807, 2.05) is 0 Å². The van der Waals surface area contributed by atoms with Crippen LogP contribution in [0.25, 0.3) is 0 Å². The Morgan fingerprint density at radius 3 is 2.89 bits per heavy atom. The lowest BCUT2D eigenvalue weighted by Gasteiger charge is -2.14. The number of halogens is 1. The zero-order valence-corrected chi connectivity index (χ0v) is 8.96. The van der Waals surface area contributed by atoms with E-state index in [2.05, 4.69) is 14.7 Å². The highest BCUT2D eigenvalue weighted by molar-refractivity contribution is 6.52. The fourth-order valence-corrected chi connectivity index (χ4v) is 1.87. The van der Waals surface area contributed by atoms with Gasteiger partial charge in [0.1, 0.15) is 5.82 Å². The molecule has 1 aromatic carbocycles. The minimum absolute atomic E-state index is 0.0303. The number of aromatic nitrogens is 2. The van der Waals surface area contributed by atoms with Crippen LogP contribution in [0.3, 0.4) is 0 Å². The van der Waals surface area contributed by atoms with Gasteiger partial charge in [0, 0.05) is 0 Å². The summed E-state index contributed by atoms with van der Waals surface area (Å²) in [6.45, 7) is -0.102. The third-order valence-corrected chi connectivity index (χ3v) is 2.65. The van der Waals surface area contributed by atoms with Crippen LogP contribution < -0.4 is 4.90 Å². The first-order chi connectivity index (χ1) is 8.68. The molecular weight excluding hydrogens is 241 g/mol. The number of hydrogen-bond donors (Lipinski definition) is 0. The molecule has 0 N–H and O–H groups in total. The summed E-state index contributed by atoms with van der Waals surface area (Å²) in [6, 6.07) is 3.99. The Labute approximate surface area is 100 Å². The van der Waals surface area contributed by atoms with Gasteiger partial charge in [-0.3, -0.25) is 14.5 Å². The Hall–Kier alpha value is -2.57. The van der Waals surface area contributed by atoms with Crippen molar-refractivity contribution in [2.45, 2.75) is 6.54 Å². The maximum Gasteiger partial charge on any atom is 0.299 e. The average Bonchev–Trinajstić information content (AvgIpc) is 2.94. The van der Waals surface area contributed by atoms with Gasteiger partial charge in [0.2, 0.25) is 6.39 Å². The Morgan fingerprint density at radius 1 is 1.33 bits per heavy atom. The van der Waals surface area contributed by atoms with Gasteiger partial charge in [-0.15, -0.1) is 0 Å². The normalized spacial score (nSPS) is 14.2. The van der Waals surface area contributed by atoms with Crippen molar-refractivity contribution in [1.82, 2.24) is 10.1 Å². The molecular formula is C11H6FN3O3. The second kappa shape index (κ2) is 3.73. The SMILES string of the molecule is O=C1C(=O)N(Cc2ncon2)c2c(F)cccc21. The summed E-state index contributed by atoms with van der Waals surface area (Å²) in [5.41, 5.74) is 0.0285. The first kappa shape index (κ1) is 10.6. The Balaban J connectivity index is 2.07. The van der Waals surface area contributed by atoms with Gasteiger partial charge in [0.25, 0.3) is 11.7 Å². The number of fused-ring (bicyclic) bond motifs is 1. The van der Waals surface area contributed by atoms with Crippen molar-refractivity contribution in [3.63, 3.8) is 0 Å². The maximum absolute atomic E-state index is 13.7. The highest BCUT2D eigenvalue weighted by Gasteiger charge is 2.38. The summed E-state index contributed by atoms with van der Waals surface area (Å²) in [7, 11) is 0. The van der Waals surface area contributed by atoms with E-state index in [0.717, 1.165) is 11.3 Å². The molecule has 0 saturated heterocycles. The molecule has 2 heterocycles. The highest BCUT2D eigenvalue weighted by atomic mass is 19.1. The van der Waals surface area contributed by atoms with Crippen LogP contribution in [0, 0.1) is 5.82 Å². The first-order valence-electron chi connectivity index (χ1n) is 5.08. The van der Waals surface area contributed by atoms with Crippen molar-refractivity contribution in [2.75, 3.05) is 4.90 Å². The Morgan fingerprint density at radius 2 is 2.17 bits per heavy atom. The molecule has 0 fully saturated rings. The lowest BCUT2D eigenvalue weighted by Crippen LogP contribution is -2.30. The van der Waals surface area contributed by atoms with Crippen molar-refractivity contribution >= 4 is 17.4 Å². The number of benzene rings is 1. The van der Waals surface area contributed by atoms with Gasteiger partial charge in [0.05, 0.1) is 17.8 Å². The Bertz CT molecular complexity index is 639. The van der Waals surface area contributed by atoms with Gasteiger partial charge < -0.3 is 4.52 Å². The van der Waals surface area contributed by atoms with E-state index in [1.165, 1.54) is 18.2 Å². The standard InChI is InChI=1S/C11H6FN3O3/c12-7-3-1-2-6-9(7)15(11(17)10(6)16)4-8-13-5-18-14-8/h1-3,5H,4H2. The molecule has 1 aliphatic rings. The fraction of sp³-hybridized carbons (Fsp3) is 0.0909. The summed E-state index contributed by atoms with van der Waals surface area (Å²) in [4.78, 5) is 28.2. The van der Waals surface area contributed by atoms with E-state index in [4.69, 9.17) is 0 Å². The van der Waals surface area contributed by atoms with Crippen molar-refractivity contribution in [3.8, 4) is 0 Å². The predicted molar refractivity (Wildman–Crippen MR) is 56.2 cm³/mol. The molecule has 6 nitrogen and oxygen atoms in total. The van der Waals surface area contributed by atoms with Crippen LogP contribution in [0.5, 0.6) is 0 Å². The van der Waals surface area contributed by atoms with Gasteiger partial charge in [-0.1, -0.05) is 11.2 Å². The molecule has 0 bridgehead atoms. The highest BCUT2D eigenvalue weighted by Crippen LogP contribution is 2.32. The number of nitrogens with zero attached hydrogens (tertiary/aromatic N) is 3. The number of rotatable bonds is 2. The molecule has 1 amide bonds. The molecule has 2 aromatic rings. The van der Waals surface area contributed by atoms with Gasteiger partial charge >= 0.3 is 0 Å². The largest absolute Gasteiger partial charge is 0.343 e. The monoisotopic (exact) mass is 247 g/mol. The van der Waals surface area contributed by atoms with Crippen molar-refractivity contribution in [1.29, 1.82) is 0 Å². The van der Waals surface area contributed by atoms with Gasteiger partial charge in [-0.05, 0) is 12.1 Å². The molecule has 0 saturated carbocycles. The average molecular weight is 247 g/mol. The van der Waals surface area contributed by atoms with Crippen molar-refractivity contribution < 1.29 is 18.5 Å². The fourth-order valence-electron chi connectivity index (χ4n) is 1.87. The van der Waals surface area contributed by atoms with Crippen LogP contribution in [-0.4, -0.2) is 21.8 Å². The van der Waals surface area contributed by atoms with E-state index < -0.39 is 17.5 Å². The number of amides is 1. The summed E-state index contributed by atoms with van der Waals surface area (Å²) in [5.74, 6) is -1.95. The van der Waals surface area contributed by atoms with E-state index in [1.54, 1.807) is 0 Å². The molecule has 1 aromatic heterocycles. The number of para-hydroxylation sites is 1. The van der Waals surface area contributed by atoms with Crippen LogP contribution in [0.1, 0.15) is 16.2 Å². The van der Waals surface area contributed by atoms with Gasteiger partial charge in [-0.2, -0.15) is 4.98 Å². The van der Waals surface area contributed by atoms with Gasteiger partial charge in [0.15, 0.2) is 5.82 Å². The van der Waals surface area contributed by atoms with E-state index in [0.29, 0.717) is 0 Å². The third kappa shape index (κ3) is 1.41.